The van der Waals surface area contributed by atoms with E-state index in [-0.39, 0.29) is 35.6 Å². The summed E-state index contributed by atoms with van der Waals surface area (Å²) < 4.78 is 6.26. The molecule has 2 saturated carbocycles. The first-order chi connectivity index (χ1) is 21.9. The smallest absolute Gasteiger partial charge is 0.331 e. The summed E-state index contributed by atoms with van der Waals surface area (Å²) >= 11 is 1.24. The summed E-state index contributed by atoms with van der Waals surface area (Å²) in [6, 6.07) is 9.06. The van der Waals surface area contributed by atoms with Crippen molar-refractivity contribution in [3.63, 3.8) is 0 Å². The van der Waals surface area contributed by atoms with Crippen LogP contribution in [0, 0.1) is 24.2 Å². The molecule has 1 atom stereocenters. The predicted molar refractivity (Wildman–Crippen MR) is 173 cm³/mol. The Balaban J connectivity index is 1.11. The Kier molecular flexibility index (Phi) is 7.92. The molecule has 4 aliphatic rings. The second-order valence-corrected chi connectivity index (χ2v) is 13.5. The summed E-state index contributed by atoms with van der Waals surface area (Å²) in [7, 11) is 0. The minimum absolute atomic E-state index is 0.186. The van der Waals surface area contributed by atoms with Gasteiger partial charge in [-0.25, -0.2) is 9.78 Å². The van der Waals surface area contributed by atoms with Crippen LogP contribution < -0.4 is 20.3 Å². The fourth-order valence-corrected chi connectivity index (χ4v) is 7.69. The monoisotopic (exact) mass is 624 g/mol. The number of aryl methyl sites for hydroxylation is 1. The van der Waals surface area contributed by atoms with E-state index in [1.807, 2.05) is 25.1 Å². The molecular weight excluding hydrogens is 588 g/mol. The van der Waals surface area contributed by atoms with Crippen LogP contribution >= 0.6 is 11.3 Å². The molecule has 4 heterocycles. The van der Waals surface area contributed by atoms with Gasteiger partial charge in [-0.2, -0.15) is 5.26 Å². The first-order valence-corrected chi connectivity index (χ1v) is 16.7. The van der Waals surface area contributed by atoms with Crippen LogP contribution in [0.3, 0.4) is 0 Å². The Hall–Kier alpha value is -4.43. The minimum atomic E-state index is -0.354. The highest BCUT2D eigenvalue weighted by molar-refractivity contribution is 7.21. The number of thiophene rings is 1. The van der Waals surface area contributed by atoms with Gasteiger partial charge in [0.1, 0.15) is 27.1 Å². The molecule has 11 heteroatoms. The van der Waals surface area contributed by atoms with Gasteiger partial charge in [0, 0.05) is 25.3 Å². The molecule has 2 aromatic heterocycles. The number of likely N-dealkylation sites (tertiary alicyclic amines) is 1. The molecule has 232 valence electrons. The number of amides is 4. The number of hydrogen-bond donors (Lipinski definition) is 2. The molecule has 45 heavy (non-hydrogen) atoms. The maximum absolute atomic E-state index is 13.7. The van der Waals surface area contributed by atoms with Crippen LogP contribution in [0.4, 0.5) is 21.9 Å². The van der Waals surface area contributed by atoms with E-state index < -0.39 is 0 Å². The van der Waals surface area contributed by atoms with Crippen LogP contribution in [0.2, 0.25) is 0 Å². The molecule has 2 aliphatic heterocycles. The molecule has 0 spiro atoms. The van der Waals surface area contributed by atoms with Crippen LogP contribution in [0.1, 0.15) is 73.0 Å². The van der Waals surface area contributed by atoms with E-state index in [0.29, 0.717) is 46.5 Å². The van der Waals surface area contributed by atoms with Crippen molar-refractivity contribution < 1.29 is 19.1 Å². The number of piperidine rings is 1. The number of carbonyl (C=O) groups excluding carboxylic acids is 3. The number of ether oxygens (including phenoxy) is 1. The predicted octanol–water partition coefficient (Wildman–Crippen LogP) is 6.58. The normalized spacial score (nSPS) is 20.5. The van der Waals surface area contributed by atoms with Gasteiger partial charge in [-0.05, 0) is 94.0 Å². The summed E-state index contributed by atoms with van der Waals surface area (Å²) in [6.45, 7) is 2.85. The molecule has 1 saturated heterocycles. The zero-order valence-corrected chi connectivity index (χ0v) is 26.1. The zero-order chi connectivity index (χ0) is 31.1. The Morgan fingerprint density at radius 1 is 1.11 bits per heavy atom. The summed E-state index contributed by atoms with van der Waals surface area (Å²) in [6.07, 6.45) is 12.9. The fourth-order valence-electron chi connectivity index (χ4n) is 6.67. The Labute approximate surface area is 266 Å². The first kappa shape index (κ1) is 29.3. The van der Waals surface area contributed by atoms with E-state index >= 15 is 0 Å². The summed E-state index contributed by atoms with van der Waals surface area (Å²) in [5.41, 5.74) is 2.95. The maximum atomic E-state index is 13.7. The zero-order valence-electron chi connectivity index (χ0n) is 25.3. The number of aromatic nitrogens is 1. The SMILES string of the molecule is Cc1cc(OC2CCCCC2)ccc1N1C(=O)Nc2c(C(=O)NC3CCCN(C(=O)C(C#N)=CC4CC4)C3)sc3nccc1c23. The molecule has 0 radical (unpaired) electrons. The van der Waals surface area contributed by atoms with Gasteiger partial charge in [0.05, 0.1) is 28.6 Å². The quantitative estimate of drug-likeness (QED) is 0.226. The van der Waals surface area contributed by atoms with Gasteiger partial charge >= 0.3 is 6.03 Å². The average molecular weight is 625 g/mol. The highest BCUT2D eigenvalue weighted by Crippen LogP contribution is 2.46. The van der Waals surface area contributed by atoms with E-state index in [2.05, 4.69) is 21.7 Å². The molecule has 10 nitrogen and oxygen atoms in total. The van der Waals surface area contributed by atoms with Crippen molar-refractivity contribution in [2.75, 3.05) is 23.3 Å². The van der Waals surface area contributed by atoms with Crippen molar-refractivity contribution in [3.05, 3.63) is 52.6 Å². The van der Waals surface area contributed by atoms with Crippen molar-refractivity contribution in [1.82, 2.24) is 15.2 Å². The third-order valence-corrected chi connectivity index (χ3v) is 10.2. The number of benzene rings is 1. The van der Waals surface area contributed by atoms with E-state index in [0.717, 1.165) is 54.5 Å². The summed E-state index contributed by atoms with van der Waals surface area (Å²) in [5.74, 6) is 0.537. The van der Waals surface area contributed by atoms with Gasteiger partial charge in [-0.3, -0.25) is 14.5 Å². The molecule has 1 unspecified atom stereocenters. The highest BCUT2D eigenvalue weighted by Gasteiger charge is 2.35. The van der Waals surface area contributed by atoms with Gasteiger partial charge in [0.15, 0.2) is 0 Å². The Morgan fingerprint density at radius 3 is 2.69 bits per heavy atom. The molecule has 4 amide bonds. The lowest BCUT2D eigenvalue weighted by Gasteiger charge is -2.33. The van der Waals surface area contributed by atoms with Crippen LogP contribution in [0.25, 0.3) is 10.2 Å². The van der Waals surface area contributed by atoms with Gasteiger partial charge in [-0.15, -0.1) is 11.3 Å². The molecule has 2 aliphatic carbocycles. The average Bonchev–Trinajstić information content (AvgIpc) is 3.80. The molecule has 0 bridgehead atoms. The molecule has 2 N–H and O–H groups in total. The second kappa shape index (κ2) is 12.2. The lowest BCUT2D eigenvalue weighted by Crippen LogP contribution is -2.50. The van der Waals surface area contributed by atoms with Gasteiger partial charge in [-0.1, -0.05) is 12.5 Å². The summed E-state index contributed by atoms with van der Waals surface area (Å²) in [4.78, 5) is 49.2. The lowest BCUT2D eigenvalue weighted by molar-refractivity contribution is -0.128. The summed E-state index contributed by atoms with van der Waals surface area (Å²) in [5, 5.41) is 16.3. The van der Waals surface area contributed by atoms with E-state index in [4.69, 9.17) is 4.74 Å². The Bertz CT molecular complexity index is 1750. The number of rotatable bonds is 7. The largest absolute Gasteiger partial charge is 0.490 e. The number of nitriles is 1. The number of nitrogens with one attached hydrogen (secondary N) is 2. The van der Waals surface area contributed by atoms with Crippen LogP contribution in [-0.4, -0.2) is 53.0 Å². The maximum Gasteiger partial charge on any atom is 0.331 e. The first-order valence-electron chi connectivity index (χ1n) is 15.9. The fraction of sp³-hybridized carbons (Fsp3) is 0.441. The number of anilines is 3. The lowest BCUT2D eigenvalue weighted by atomic mass is 9.98. The Morgan fingerprint density at radius 2 is 1.93 bits per heavy atom. The van der Waals surface area contributed by atoms with Gasteiger partial charge in [0.2, 0.25) is 0 Å². The van der Waals surface area contributed by atoms with Crippen LogP contribution in [0.15, 0.2) is 42.1 Å². The third-order valence-electron chi connectivity index (χ3n) is 9.14. The van der Waals surface area contributed by atoms with Crippen molar-refractivity contribution in [2.45, 2.75) is 76.9 Å². The van der Waals surface area contributed by atoms with Gasteiger partial charge < -0.3 is 20.3 Å². The third kappa shape index (κ3) is 5.87. The second-order valence-electron chi connectivity index (χ2n) is 12.5. The van der Waals surface area contributed by atoms with E-state index in [9.17, 15) is 19.6 Å². The molecular formula is C34H36N6O4S. The minimum Gasteiger partial charge on any atom is -0.490 e. The highest BCUT2D eigenvalue weighted by atomic mass is 32.1. The molecule has 3 fully saturated rings. The number of allylic oxidation sites excluding steroid dienone is 1. The van der Waals surface area contributed by atoms with Gasteiger partial charge in [0.25, 0.3) is 11.8 Å². The number of pyridine rings is 1. The van der Waals surface area contributed by atoms with Crippen LogP contribution in [-0.2, 0) is 4.79 Å². The van der Waals surface area contributed by atoms with Crippen molar-refractivity contribution in [1.29, 1.82) is 5.26 Å². The van der Waals surface area contributed by atoms with Crippen molar-refractivity contribution >= 4 is 56.5 Å². The molecule has 7 rings (SSSR count). The standard InChI is InChI=1S/C34H36N6O4S/c1-20-16-25(44-24-7-3-2-4-8-24)11-12-26(20)40-27-13-14-36-32-28(27)29(38-34(40)43)30(45-32)31(41)37-23-6-5-15-39(19-23)33(42)22(18-35)17-21-9-10-21/h11-14,16-17,21,23-24H,2-10,15,19H2,1H3,(H,37,41)(H,38,43). The van der Waals surface area contributed by atoms with E-state index in [1.54, 1.807) is 28.1 Å². The number of nitrogens with zero attached hydrogens (tertiary/aromatic N) is 4. The van der Waals surface area contributed by atoms with Crippen molar-refractivity contribution in [3.8, 4) is 11.8 Å². The number of hydrogen-bond acceptors (Lipinski definition) is 7. The van der Waals surface area contributed by atoms with Crippen LogP contribution in [0.5, 0.6) is 5.75 Å². The number of carbonyl (C=O) groups is 3. The number of urea groups is 1. The molecule has 3 aromatic rings. The topological polar surface area (TPSA) is 128 Å². The van der Waals surface area contributed by atoms with E-state index in [1.165, 1.54) is 30.6 Å². The molecule has 1 aromatic carbocycles. The van der Waals surface area contributed by atoms with Crippen molar-refractivity contribution in [2.24, 2.45) is 5.92 Å².